The topological polar surface area (TPSA) is 75.4 Å². The Balaban J connectivity index is 1.51. The van der Waals surface area contributed by atoms with Crippen LogP contribution in [0, 0.1) is 17.5 Å². The molecule has 0 bridgehead atoms. The molecule has 0 saturated carbocycles. The first-order valence-electron chi connectivity index (χ1n) is 12.3. The van der Waals surface area contributed by atoms with Crippen LogP contribution in [-0.2, 0) is 15.0 Å². The number of piperidine rings is 1. The van der Waals surface area contributed by atoms with E-state index in [2.05, 4.69) is 5.32 Å². The number of benzene rings is 3. The molecule has 5 nitrogen and oxygen atoms in total. The Morgan fingerprint density at radius 2 is 1.70 bits per heavy atom. The summed E-state index contributed by atoms with van der Waals surface area (Å²) in [6.45, 7) is 2.67. The monoisotopic (exact) mass is 509 g/mol. The molecule has 4 rings (SSSR count). The van der Waals surface area contributed by atoms with E-state index >= 15 is 0 Å². The van der Waals surface area contributed by atoms with E-state index in [0.29, 0.717) is 37.1 Å². The number of nitrogens with two attached hydrogens (primary N) is 1. The summed E-state index contributed by atoms with van der Waals surface area (Å²) in [4.78, 5) is 26.9. The fraction of sp³-hybridized carbons (Fsp3) is 0.310. The van der Waals surface area contributed by atoms with Crippen LogP contribution in [0.4, 0.5) is 13.2 Å². The minimum atomic E-state index is -0.633. The highest BCUT2D eigenvalue weighted by Gasteiger charge is 2.41. The fourth-order valence-corrected chi connectivity index (χ4v) is 5.11. The van der Waals surface area contributed by atoms with Crippen molar-refractivity contribution in [2.45, 2.75) is 37.6 Å². The van der Waals surface area contributed by atoms with Gasteiger partial charge in [-0.1, -0.05) is 36.4 Å². The van der Waals surface area contributed by atoms with Gasteiger partial charge in [-0.25, -0.2) is 13.2 Å². The van der Waals surface area contributed by atoms with E-state index < -0.39 is 17.0 Å². The van der Waals surface area contributed by atoms with E-state index in [1.807, 2.05) is 24.0 Å². The molecule has 1 unspecified atom stereocenters. The van der Waals surface area contributed by atoms with Gasteiger partial charge < -0.3 is 16.0 Å². The highest BCUT2D eigenvalue weighted by Crippen LogP contribution is 2.41. The number of nitrogens with zero attached hydrogens (tertiary/aromatic N) is 1. The second-order valence-electron chi connectivity index (χ2n) is 9.53. The van der Waals surface area contributed by atoms with Gasteiger partial charge in [-0.2, -0.15) is 0 Å². The van der Waals surface area contributed by atoms with Gasteiger partial charge >= 0.3 is 0 Å². The van der Waals surface area contributed by atoms with Gasteiger partial charge in [0.15, 0.2) is 0 Å². The quantitative estimate of drug-likeness (QED) is 0.456. The number of amides is 2. The van der Waals surface area contributed by atoms with Crippen molar-refractivity contribution in [2.75, 3.05) is 19.6 Å². The van der Waals surface area contributed by atoms with Crippen LogP contribution in [0.5, 0.6) is 0 Å². The Morgan fingerprint density at radius 1 is 1.03 bits per heavy atom. The van der Waals surface area contributed by atoms with Crippen LogP contribution in [0.1, 0.15) is 43.4 Å². The Hall–Kier alpha value is -3.65. The summed E-state index contributed by atoms with van der Waals surface area (Å²) in [5.41, 5.74) is 7.53. The molecule has 0 aromatic heterocycles. The molecule has 0 spiro atoms. The highest BCUT2D eigenvalue weighted by atomic mass is 19.1. The number of rotatable bonds is 8. The molecule has 2 amide bonds. The molecule has 8 heteroatoms. The standard InChI is InChI=1S/C29H30F3N3O2/c1-19(20-2-4-21(5-3-20)25-11-10-24(31)16-26(25)32)35-15-13-29(17-28(35)37,12-14-34-27(36)18-33)22-6-8-23(30)9-7-22/h2-11,16,19H,12-15,17-18,33H2,1H3,(H,34,36)/t19-,29?/m0/s1. The molecule has 1 aliphatic heterocycles. The summed E-state index contributed by atoms with van der Waals surface area (Å²) >= 11 is 0. The van der Waals surface area contributed by atoms with E-state index in [4.69, 9.17) is 5.73 Å². The molecule has 2 atom stereocenters. The van der Waals surface area contributed by atoms with E-state index in [1.165, 1.54) is 24.3 Å². The number of halogens is 3. The van der Waals surface area contributed by atoms with Crippen molar-refractivity contribution in [1.29, 1.82) is 0 Å². The van der Waals surface area contributed by atoms with E-state index in [9.17, 15) is 22.8 Å². The minimum Gasteiger partial charge on any atom is -0.355 e. The summed E-state index contributed by atoms with van der Waals surface area (Å²) < 4.78 is 41.0. The Morgan fingerprint density at radius 3 is 2.32 bits per heavy atom. The van der Waals surface area contributed by atoms with Crippen molar-refractivity contribution in [1.82, 2.24) is 10.2 Å². The first kappa shape index (κ1) is 26.4. The molecule has 3 N–H and O–H groups in total. The van der Waals surface area contributed by atoms with Gasteiger partial charge in [-0.3, -0.25) is 9.59 Å². The van der Waals surface area contributed by atoms with Gasteiger partial charge in [0, 0.05) is 36.6 Å². The first-order chi connectivity index (χ1) is 17.7. The van der Waals surface area contributed by atoms with Gasteiger partial charge in [-0.15, -0.1) is 0 Å². The normalized spacial score (nSPS) is 18.5. The van der Waals surface area contributed by atoms with Crippen molar-refractivity contribution < 1.29 is 22.8 Å². The average molecular weight is 510 g/mol. The highest BCUT2D eigenvalue weighted by molar-refractivity contribution is 5.80. The maximum atomic E-state index is 14.2. The molecule has 1 saturated heterocycles. The largest absolute Gasteiger partial charge is 0.355 e. The van der Waals surface area contributed by atoms with Gasteiger partial charge in [0.05, 0.1) is 12.6 Å². The zero-order chi connectivity index (χ0) is 26.6. The van der Waals surface area contributed by atoms with Crippen molar-refractivity contribution >= 4 is 11.8 Å². The molecule has 0 aliphatic carbocycles. The van der Waals surface area contributed by atoms with Crippen LogP contribution in [0.25, 0.3) is 11.1 Å². The number of carbonyl (C=O) groups excluding carboxylic acids is 2. The van der Waals surface area contributed by atoms with Crippen molar-refractivity contribution in [3.05, 3.63) is 95.3 Å². The number of hydrogen-bond donors (Lipinski definition) is 2. The van der Waals surface area contributed by atoms with Crippen molar-refractivity contribution in [3.63, 3.8) is 0 Å². The smallest absolute Gasteiger partial charge is 0.233 e. The van der Waals surface area contributed by atoms with E-state index in [0.717, 1.165) is 17.2 Å². The molecule has 1 fully saturated rings. The third-order valence-electron chi connectivity index (χ3n) is 7.31. The number of likely N-dealkylation sites (tertiary alicyclic amines) is 1. The summed E-state index contributed by atoms with van der Waals surface area (Å²) in [5.74, 6) is -1.92. The second-order valence-corrected chi connectivity index (χ2v) is 9.53. The molecular weight excluding hydrogens is 479 g/mol. The van der Waals surface area contributed by atoms with E-state index in [1.54, 1.807) is 24.3 Å². The van der Waals surface area contributed by atoms with Crippen LogP contribution in [0.15, 0.2) is 66.7 Å². The molecule has 0 radical (unpaired) electrons. The van der Waals surface area contributed by atoms with Gasteiger partial charge in [0.1, 0.15) is 17.5 Å². The second kappa shape index (κ2) is 11.2. The molecule has 194 valence electrons. The van der Waals surface area contributed by atoms with Crippen LogP contribution in [0.3, 0.4) is 0 Å². The van der Waals surface area contributed by atoms with Crippen molar-refractivity contribution in [2.24, 2.45) is 5.73 Å². The number of hydrogen-bond acceptors (Lipinski definition) is 3. The maximum Gasteiger partial charge on any atom is 0.233 e. The van der Waals surface area contributed by atoms with Gasteiger partial charge in [0.25, 0.3) is 0 Å². The number of nitrogens with one attached hydrogen (secondary N) is 1. The maximum absolute atomic E-state index is 14.2. The summed E-state index contributed by atoms with van der Waals surface area (Å²) in [7, 11) is 0. The minimum absolute atomic E-state index is 0.0399. The average Bonchev–Trinajstić information content (AvgIpc) is 2.89. The lowest BCUT2D eigenvalue weighted by Crippen LogP contribution is -2.48. The number of carbonyl (C=O) groups is 2. The van der Waals surface area contributed by atoms with Gasteiger partial charge in [-0.05, 0) is 60.7 Å². The van der Waals surface area contributed by atoms with Crippen LogP contribution < -0.4 is 11.1 Å². The lowest BCUT2D eigenvalue weighted by molar-refractivity contribution is -0.138. The molecule has 1 heterocycles. The SMILES string of the molecule is C[C@@H](c1ccc(-c2ccc(F)cc2F)cc1)N1CCC(CCNC(=O)CN)(c2ccc(F)cc2)CC1=O. The zero-order valence-corrected chi connectivity index (χ0v) is 20.6. The first-order valence-corrected chi connectivity index (χ1v) is 12.3. The van der Waals surface area contributed by atoms with Crippen LogP contribution in [0.2, 0.25) is 0 Å². The Labute approximate surface area is 214 Å². The van der Waals surface area contributed by atoms with Crippen LogP contribution in [-0.4, -0.2) is 36.3 Å². The summed E-state index contributed by atoms with van der Waals surface area (Å²) in [6.07, 6.45) is 1.39. The van der Waals surface area contributed by atoms with E-state index in [-0.39, 0.29) is 36.6 Å². The van der Waals surface area contributed by atoms with Gasteiger partial charge in [0.2, 0.25) is 11.8 Å². The fourth-order valence-electron chi connectivity index (χ4n) is 5.11. The summed E-state index contributed by atoms with van der Waals surface area (Å²) in [6, 6.07) is 16.7. The lowest BCUT2D eigenvalue weighted by Gasteiger charge is -2.44. The molecule has 37 heavy (non-hydrogen) atoms. The molecule has 1 aliphatic rings. The molecular formula is C29H30F3N3O2. The third-order valence-corrected chi connectivity index (χ3v) is 7.31. The predicted octanol–water partition coefficient (Wildman–Crippen LogP) is 4.86. The predicted molar refractivity (Wildman–Crippen MR) is 136 cm³/mol. The van der Waals surface area contributed by atoms with Crippen LogP contribution >= 0.6 is 0 Å². The molecule has 3 aromatic carbocycles. The summed E-state index contributed by atoms with van der Waals surface area (Å²) in [5, 5.41) is 2.78. The Bertz CT molecular complexity index is 1260. The van der Waals surface area contributed by atoms with Crippen molar-refractivity contribution in [3.8, 4) is 11.1 Å². The zero-order valence-electron chi connectivity index (χ0n) is 20.6. The Kier molecular flexibility index (Phi) is 7.97. The molecule has 3 aromatic rings. The lowest BCUT2D eigenvalue weighted by atomic mass is 9.70. The third kappa shape index (κ3) is 5.85.